The van der Waals surface area contributed by atoms with Crippen LogP contribution in [0.4, 0.5) is 4.39 Å². The van der Waals surface area contributed by atoms with E-state index in [9.17, 15) is 9.18 Å². The molecule has 104 valence electrons. The van der Waals surface area contributed by atoms with Gasteiger partial charge in [-0.1, -0.05) is 12.2 Å². The second-order valence-electron chi connectivity index (χ2n) is 4.41. The largest absolute Gasteiger partial charge is 0.330 e. The molecule has 0 bridgehead atoms. The van der Waals surface area contributed by atoms with Gasteiger partial charge >= 0.3 is 0 Å². The second-order valence-corrected chi connectivity index (χ2v) is 4.41. The third-order valence-corrected chi connectivity index (χ3v) is 2.95. The van der Waals surface area contributed by atoms with E-state index in [1.54, 1.807) is 30.0 Å². The van der Waals surface area contributed by atoms with Gasteiger partial charge in [0.1, 0.15) is 17.2 Å². The molecule has 0 N–H and O–H groups in total. The number of pyridine rings is 1. The molecule has 2 aromatic heterocycles. The molecule has 1 amide bonds. The fourth-order valence-corrected chi connectivity index (χ4v) is 2.10. The van der Waals surface area contributed by atoms with Crippen molar-refractivity contribution in [2.45, 2.75) is 6.92 Å². The molecular weight excluding hydrogens is 257 g/mol. The Hall–Kier alpha value is -2.43. The SMILES string of the molecule is C=CCN(CC=C)C(=O)c1c(C)nc2ccc(F)cn12. The monoisotopic (exact) mass is 273 g/mol. The van der Waals surface area contributed by atoms with Crippen LogP contribution in [0.2, 0.25) is 0 Å². The molecule has 0 saturated heterocycles. The molecule has 0 fully saturated rings. The van der Waals surface area contributed by atoms with Gasteiger partial charge in [0.25, 0.3) is 5.91 Å². The van der Waals surface area contributed by atoms with Gasteiger partial charge in [0, 0.05) is 19.3 Å². The van der Waals surface area contributed by atoms with E-state index in [1.807, 2.05) is 0 Å². The summed E-state index contributed by atoms with van der Waals surface area (Å²) in [6.07, 6.45) is 4.55. The maximum absolute atomic E-state index is 13.4. The van der Waals surface area contributed by atoms with Crippen LogP contribution in [0.25, 0.3) is 5.65 Å². The van der Waals surface area contributed by atoms with Crippen LogP contribution in [0.15, 0.2) is 43.6 Å². The van der Waals surface area contributed by atoms with Crippen LogP contribution in [0.5, 0.6) is 0 Å². The van der Waals surface area contributed by atoms with E-state index in [4.69, 9.17) is 0 Å². The van der Waals surface area contributed by atoms with Crippen molar-refractivity contribution in [2.75, 3.05) is 13.1 Å². The number of nitrogens with zero attached hydrogens (tertiary/aromatic N) is 3. The van der Waals surface area contributed by atoms with Gasteiger partial charge < -0.3 is 4.90 Å². The van der Waals surface area contributed by atoms with E-state index in [2.05, 4.69) is 18.1 Å². The molecule has 0 aromatic carbocycles. The van der Waals surface area contributed by atoms with E-state index in [0.29, 0.717) is 30.1 Å². The summed E-state index contributed by atoms with van der Waals surface area (Å²) in [5, 5.41) is 0. The molecule has 2 aromatic rings. The number of aryl methyl sites for hydroxylation is 1. The van der Waals surface area contributed by atoms with Crippen LogP contribution in [-0.4, -0.2) is 33.3 Å². The number of rotatable bonds is 5. The summed E-state index contributed by atoms with van der Waals surface area (Å²) in [5.74, 6) is -0.636. The first-order chi connectivity index (χ1) is 9.58. The smallest absolute Gasteiger partial charge is 0.273 e. The molecule has 0 atom stereocenters. The zero-order chi connectivity index (χ0) is 14.7. The van der Waals surface area contributed by atoms with Crippen molar-refractivity contribution in [3.8, 4) is 0 Å². The number of amides is 1. The fourth-order valence-electron chi connectivity index (χ4n) is 2.10. The van der Waals surface area contributed by atoms with Gasteiger partial charge in [-0.25, -0.2) is 9.37 Å². The van der Waals surface area contributed by atoms with Crippen LogP contribution in [0.3, 0.4) is 0 Å². The van der Waals surface area contributed by atoms with Gasteiger partial charge in [-0.3, -0.25) is 9.20 Å². The summed E-state index contributed by atoms with van der Waals surface area (Å²) >= 11 is 0. The molecule has 2 heterocycles. The molecule has 0 unspecified atom stereocenters. The normalized spacial score (nSPS) is 10.5. The lowest BCUT2D eigenvalue weighted by Gasteiger charge is -2.19. The predicted molar refractivity (Wildman–Crippen MR) is 76.2 cm³/mol. The summed E-state index contributed by atoms with van der Waals surface area (Å²) < 4.78 is 14.9. The fraction of sp³-hybridized carbons (Fsp3) is 0.200. The van der Waals surface area contributed by atoms with Crippen molar-refractivity contribution in [1.82, 2.24) is 14.3 Å². The summed E-state index contributed by atoms with van der Waals surface area (Å²) in [6.45, 7) is 9.80. The molecule has 2 rings (SSSR count). The average molecular weight is 273 g/mol. The number of imidazole rings is 1. The number of hydrogen-bond donors (Lipinski definition) is 0. The molecule has 20 heavy (non-hydrogen) atoms. The Balaban J connectivity index is 2.52. The Morgan fingerprint density at radius 2 is 2.05 bits per heavy atom. The lowest BCUT2D eigenvalue weighted by molar-refractivity contribution is 0.0783. The molecule has 0 spiro atoms. The molecule has 0 aliphatic carbocycles. The van der Waals surface area contributed by atoms with Gasteiger partial charge in [0.15, 0.2) is 0 Å². The van der Waals surface area contributed by atoms with Crippen LogP contribution in [-0.2, 0) is 0 Å². The van der Waals surface area contributed by atoms with Gasteiger partial charge in [0.05, 0.1) is 5.69 Å². The summed E-state index contributed by atoms with van der Waals surface area (Å²) in [4.78, 5) is 18.4. The molecule has 0 aliphatic heterocycles. The van der Waals surface area contributed by atoms with Gasteiger partial charge in [-0.05, 0) is 19.1 Å². The lowest BCUT2D eigenvalue weighted by Crippen LogP contribution is -2.32. The lowest BCUT2D eigenvalue weighted by atomic mass is 10.3. The van der Waals surface area contributed by atoms with Crippen LogP contribution in [0.1, 0.15) is 16.2 Å². The summed E-state index contributed by atoms with van der Waals surface area (Å²) in [7, 11) is 0. The van der Waals surface area contributed by atoms with Crippen molar-refractivity contribution >= 4 is 11.6 Å². The number of aromatic nitrogens is 2. The number of hydrogen-bond acceptors (Lipinski definition) is 2. The van der Waals surface area contributed by atoms with Gasteiger partial charge in [0.2, 0.25) is 0 Å². The Kier molecular flexibility index (Phi) is 3.98. The van der Waals surface area contributed by atoms with E-state index >= 15 is 0 Å². The molecule has 4 nitrogen and oxygen atoms in total. The number of carbonyl (C=O) groups is 1. The first-order valence-corrected chi connectivity index (χ1v) is 6.23. The molecule has 5 heteroatoms. The molecule has 0 radical (unpaired) electrons. The molecular formula is C15H16FN3O. The van der Waals surface area contributed by atoms with E-state index < -0.39 is 5.82 Å². The number of carbonyl (C=O) groups excluding carboxylic acids is 1. The second kappa shape index (κ2) is 5.69. The van der Waals surface area contributed by atoms with E-state index in [0.717, 1.165) is 0 Å². The third kappa shape index (κ3) is 2.47. The maximum atomic E-state index is 13.4. The zero-order valence-corrected chi connectivity index (χ0v) is 11.3. The number of halogens is 1. The van der Waals surface area contributed by atoms with Crippen molar-refractivity contribution in [3.05, 3.63) is 60.8 Å². The van der Waals surface area contributed by atoms with Crippen molar-refractivity contribution in [1.29, 1.82) is 0 Å². The third-order valence-electron chi connectivity index (χ3n) is 2.95. The van der Waals surface area contributed by atoms with Crippen LogP contribution in [0, 0.1) is 12.7 Å². The Labute approximate surface area is 116 Å². The highest BCUT2D eigenvalue weighted by molar-refractivity contribution is 5.94. The van der Waals surface area contributed by atoms with Crippen molar-refractivity contribution in [3.63, 3.8) is 0 Å². The van der Waals surface area contributed by atoms with Crippen molar-refractivity contribution in [2.24, 2.45) is 0 Å². The Morgan fingerprint density at radius 3 is 2.65 bits per heavy atom. The van der Waals surface area contributed by atoms with E-state index in [1.165, 1.54) is 16.7 Å². The van der Waals surface area contributed by atoms with Crippen molar-refractivity contribution < 1.29 is 9.18 Å². The summed E-state index contributed by atoms with van der Waals surface area (Å²) in [5.41, 5.74) is 1.48. The molecule has 0 aliphatic rings. The topological polar surface area (TPSA) is 37.6 Å². The first-order valence-electron chi connectivity index (χ1n) is 6.23. The minimum atomic E-state index is -0.414. The van der Waals surface area contributed by atoms with E-state index in [-0.39, 0.29) is 5.91 Å². The Bertz CT molecular complexity index is 665. The quantitative estimate of drug-likeness (QED) is 0.785. The maximum Gasteiger partial charge on any atom is 0.273 e. The highest BCUT2D eigenvalue weighted by Crippen LogP contribution is 2.15. The first kappa shape index (κ1) is 14.0. The average Bonchev–Trinajstić information content (AvgIpc) is 2.73. The standard InChI is InChI=1S/C15H16FN3O/c1-4-8-18(9-5-2)15(20)14-11(3)17-13-7-6-12(16)10-19(13)14/h4-7,10H,1-2,8-9H2,3H3. The van der Waals surface area contributed by atoms with Gasteiger partial charge in [-0.2, -0.15) is 0 Å². The number of fused-ring (bicyclic) bond motifs is 1. The predicted octanol–water partition coefficient (Wildman–Crippen LogP) is 2.60. The highest BCUT2D eigenvalue weighted by atomic mass is 19.1. The summed E-state index contributed by atoms with van der Waals surface area (Å²) in [6, 6.07) is 2.87. The zero-order valence-electron chi connectivity index (χ0n) is 11.3. The van der Waals surface area contributed by atoms with Crippen LogP contribution < -0.4 is 0 Å². The highest BCUT2D eigenvalue weighted by Gasteiger charge is 2.21. The Morgan fingerprint density at radius 1 is 1.40 bits per heavy atom. The molecule has 0 saturated carbocycles. The van der Waals surface area contributed by atoms with Crippen LogP contribution >= 0.6 is 0 Å². The minimum Gasteiger partial charge on any atom is -0.330 e. The minimum absolute atomic E-state index is 0.222. The van der Waals surface area contributed by atoms with Gasteiger partial charge in [-0.15, -0.1) is 13.2 Å².